The van der Waals surface area contributed by atoms with E-state index in [0.717, 1.165) is 11.3 Å². The van der Waals surface area contributed by atoms with Gasteiger partial charge in [0.05, 0.1) is 0 Å². The van der Waals surface area contributed by atoms with Crippen molar-refractivity contribution in [1.29, 1.82) is 0 Å². The van der Waals surface area contributed by atoms with Gasteiger partial charge in [-0.25, -0.2) is 13.1 Å². The second-order valence-electron chi connectivity index (χ2n) is 4.51. The Morgan fingerprint density at radius 2 is 2.20 bits per heavy atom. The number of fused-ring (bicyclic) bond motifs is 1. The Morgan fingerprint density at radius 3 is 2.90 bits per heavy atom. The zero-order valence-corrected chi connectivity index (χ0v) is 13.1. The van der Waals surface area contributed by atoms with Crippen LogP contribution in [0.5, 0.6) is 0 Å². The summed E-state index contributed by atoms with van der Waals surface area (Å²) in [6.45, 7) is 0.729. The van der Waals surface area contributed by atoms with Crippen molar-refractivity contribution in [3.05, 3.63) is 34.2 Å². The molecule has 3 rings (SSSR count). The second-order valence-corrected chi connectivity index (χ2v) is 7.11. The highest BCUT2D eigenvalue weighted by molar-refractivity contribution is 9.10. The van der Waals surface area contributed by atoms with Crippen LogP contribution in [-0.2, 0) is 30.0 Å². The van der Waals surface area contributed by atoms with Gasteiger partial charge in [-0.3, -0.25) is 4.98 Å². The van der Waals surface area contributed by atoms with E-state index in [4.69, 9.17) is 0 Å². The molecule has 0 fully saturated rings. The Labute approximate surface area is 124 Å². The highest BCUT2D eigenvalue weighted by Crippen LogP contribution is 2.26. The number of nitrogens with zero attached hydrogens (tertiary/aromatic N) is 5. The average molecular weight is 358 g/mol. The number of halogens is 1. The topological polar surface area (TPSA) is 81.0 Å². The fourth-order valence-electron chi connectivity index (χ4n) is 2.26. The maximum atomic E-state index is 12.7. The van der Waals surface area contributed by atoms with Crippen molar-refractivity contribution < 1.29 is 8.42 Å². The van der Waals surface area contributed by atoms with Gasteiger partial charge >= 0.3 is 0 Å². The van der Waals surface area contributed by atoms with Crippen molar-refractivity contribution in [2.24, 2.45) is 7.05 Å². The Hall–Kier alpha value is -1.32. The van der Waals surface area contributed by atoms with Crippen LogP contribution >= 0.6 is 15.9 Å². The first kappa shape index (κ1) is 13.7. The van der Waals surface area contributed by atoms with Crippen LogP contribution < -0.4 is 0 Å². The molecule has 3 heterocycles. The first-order valence-corrected chi connectivity index (χ1v) is 8.21. The highest BCUT2D eigenvalue weighted by atomic mass is 79.9. The van der Waals surface area contributed by atoms with Gasteiger partial charge in [-0.15, -0.1) is 5.10 Å². The molecule has 0 N–H and O–H groups in total. The molecule has 0 aromatic carbocycles. The van der Waals surface area contributed by atoms with Crippen molar-refractivity contribution in [2.75, 3.05) is 6.54 Å². The minimum absolute atomic E-state index is 0.0739. The van der Waals surface area contributed by atoms with Gasteiger partial charge in [-0.1, -0.05) is 11.3 Å². The fraction of sp³-hybridized carbons (Fsp3) is 0.364. The quantitative estimate of drug-likeness (QED) is 0.790. The molecule has 0 unspecified atom stereocenters. The summed E-state index contributed by atoms with van der Waals surface area (Å²) < 4.78 is 28.3. The number of rotatable bonds is 2. The molecule has 0 saturated heterocycles. The Morgan fingerprint density at radius 1 is 1.40 bits per heavy atom. The number of aromatic nitrogens is 4. The number of pyridine rings is 1. The lowest BCUT2D eigenvalue weighted by Crippen LogP contribution is -2.37. The Balaban J connectivity index is 1.99. The third-order valence-electron chi connectivity index (χ3n) is 3.25. The number of sulfonamides is 1. The van der Waals surface area contributed by atoms with E-state index < -0.39 is 10.0 Å². The van der Waals surface area contributed by atoms with Gasteiger partial charge in [0.15, 0.2) is 4.60 Å². The Kier molecular flexibility index (Phi) is 3.35. The summed E-state index contributed by atoms with van der Waals surface area (Å²) in [5.41, 5.74) is 1.90. The molecule has 106 valence electrons. The van der Waals surface area contributed by atoms with Crippen molar-refractivity contribution in [3.63, 3.8) is 0 Å². The lowest BCUT2D eigenvalue weighted by Gasteiger charge is -2.27. The smallest absolute Gasteiger partial charge is 0.261 e. The molecule has 9 heteroatoms. The molecular weight excluding hydrogens is 346 g/mol. The molecule has 0 saturated carbocycles. The van der Waals surface area contributed by atoms with E-state index in [1.165, 1.54) is 8.99 Å². The largest absolute Gasteiger partial charge is 0.263 e. The van der Waals surface area contributed by atoms with Crippen molar-refractivity contribution in [3.8, 4) is 0 Å². The van der Waals surface area contributed by atoms with E-state index in [2.05, 4.69) is 31.2 Å². The number of hydrogen-bond acceptors (Lipinski definition) is 5. The molecule has 0 atom stereocenters. The number of hydrogen-bond donors (Lipinski definition) is 0. The lowest BCUT2D eigenvalue weighted by atomic mass is 10.1. The molecule has 0 spiro atoms. The van der Waals surface area contributed by atoms with Crippen molar-refractivity contribution >= 4 is 26.0 Å². The normalized spacial score (nSPS) is 16.1. The third-order valence-corrected chi connectivity index (χ3v) is 5.98. The van der Waals surface area contributed by atoms with Gasteiger partial charge in [-0.05, 0) is 27.6 Å². The molecule has 2 aromatic rings. The van der Waals surface area contributed by atoms with Crippen LogP contribution in [0.2, 0.25) is 0 Å². The van der Waals surface area contributed by atoms with Crippen LogP contribution in [0.25, 0.3) is 0 Å². The summed E-state index contributed by atoms with van der Waals surface area (Å²) in [4.78, 5) is 4.27. The maximum absolute atomic E-state index is 12.7. The van der Waals surface area contributed by atoms with Gasteiger partial charge in [0.25, 0.3) is 10.0 Å². The molecular formula is C11H12BrN5O2S. The predicted octanol–water partition coefficient (Wildman–Crippen LogP) is 0.720. The molecule has 0 radical (unpaired) electrons. The number of aryl methyl sites for hydroxylation is 1. The third kappa shape index (κ3) is 2.15. The molecule has 20 heavy (non-hydrogen) atoms. The molecule has 2 aromatic heterocycles. The summed E-state index contributed by atoms with van der Waals surface area (Å²) in [6, 6.07) is 3.72. The van der Waals surface area contributed by atoms with E-state index in [0.29, 0.717) is 19.5 Å². The average Bonchev–Trinajstić information content (AvgIpc) is 2.78. The molecule has 0 amide bonds. The zero-order valence-electron chi connectivity index (χ0n) is 10.7. The van der Waals surface area contributed by atoms with Gasteiger partial charge in [0.1, 0.15) is 0 Å². The van der Waals surface area contributed by atoms with Crippen molar-refractivity contribution in [2.45, 2.75) is 18.0 Å². The summed E-state index contributed by atoms with van der Waals surface area (Å²) in [7, 11) is -2.07. The standard InChI is InChI=1S/C11H12BrN5O2S/c1-16-11(10(12)14-15-16)20(18,19)17-6-4-9-8(7-17)3-2-5-13-9/h2-3,5H,4,6-7H2,1H3. The SMILES string of the molecule is Cn1nnc(Br)c1S(=O)(=O)N1CCc2ncccc2C1. The molecule has 7 nitrogen and oxygen atoms in total. The van der Waals surface area contributed by atoms with Crippen LogP contribution in [0.15, 0.2) is 28.0 Å². The minimum Gasteiger partial charge on any atom is -0.261 e. The summed E-state index contributed by atoms with van der Waals surface area (Å²) in [5, 5.41) is 7.53. The first-order chi connectivity index (χ1) is 9.50. The molecule has 1 aliphatic heterocycles. The second kappa shape index (κ2) is 4.90. The van der Waals surface area contributed by atoms with Gasteiger partial charge in [-0.2, -0.15) is 4.31 Å². The van der Waals surface area contributed by atoms with E-state index in [9.17, 15) is 8.42 Å². The first-order valence-electron chi connectivity index (χ1n) is 5.98. The molecule has 0 aliphatic carbocycles. The van der Waals surface area contributed by atoms with E-state index in [1.807, 2.05) is 12.1 Å². The molecule has 1 aliphatic rings. The van der Waals surface area contributed by atoms with E-state index in [1.54, 1.807) is 13.2 Å². The minimum atomic E-state index is -3.63. The van der Waals surface area contributed by atoms with Gasteiger partial charge in [0.2, 0.25) is 5.03 Å². The lowest BCUT2D eigenvalue weighted by molar-refractivity contribution is 0.383. The van der Waals surface area contributed by atoms with Gasteiger partial charge in [0, 0.05) is 38.4 Å². The zero-order chi connectivity index (χ0) is 14.3. The summed E-state index contributed by atoms with van der Waals surface area (Å²) >= 11 is 3.14. The summed E-state index contributed by atoms with van der Waals surface area (Å²) in [5.74, 6) is 0. The van der Waals surface area contributed by atoms with Crippen LogP contribution in [0, 0.1) is 0 Å². The maximum Gasteiger partial charge on any atom is 0.263 e. The predicted molar refractivity (Wildman–Crippen MR) is 74.2 cm³/mol. The molecule has 0 bridgehead atoms. The highest BCUT2D eigenvalue weighted by Gasteiger charge is 2.33. The Bertz CT molecular complexity index is 738. The fourth-order valence-corrected chi connectivity index (χ4v) is 4.71. The van der Waals surface area contributed by atoms with Crippen LogP contribution in [0.1, 0.15) is 11.3 Å². The van der Waals surface area contributed by atoms with Crippen molar-refractivity contribution in [1.82, 2.24) is 24.3 Å². The van der Waals surface area contributed by atoms with E-state index >= 15 is 0 Å². The van der Waals surface area contributed by atoms with Crippen LogP contribution in [-0.4, -0.2) is 39.2 Å². The monoisotopic (exact) mass is 357 g/mol. The van der Waals surface area contributed by atoms with Gasteiger partial charge < -0.3 is 0 Å². The van der Waals surface area contributed by atoms with Crippen LogP contribution in [0.3, 0.4) is 0 Å². The van der Waals surface area contributed by atoms with Crippen LogP contribution in [0.4, 0.5) is 0 Å². The summed E-state index contributed by atoms with van der Waals surface area (Å²) in [6.07, 6.45) is 2.34. The van der Waals surface area contributed by atoms with E-state index in [-0.39, 0.29) is 9.63 Å².